The van der Waals surface area contributed by atoms with Gasteiger partial charge in [0, 0.05) is 23.7 Å². The number of hydrogen-bond acceptors (Lipinski definition) is 4. The smallest absolute Gasteiger partial charge is 0.187 e. The molecule has 0 fully saturated rings. The van der Waals surface area contributed by atoms with Crippen LogP contribution in [0.1, 0.15) is 51.8 Å². The van der Waals surface area contributed by atoms with E-state index >= 15 is 0 Å². The van der Waals surface area contributed by atoms with Gasteiger partial charge in [-0.3, -0.25) is 14.6 Å². The second kappa shape index (κ2) is 8.94. The molecular weight excluding hydrogens is 364 g/mol. The Bertz CT molecular complexity index is 1060. The van der Waals surface area contributed by atoms with Crippen LogP contribution in [0.5, 0.6) is 5.75 Å². The van der Waals surface area contributed by atoms with Crippen LogP contribution in [0.15, 0.2) is 67.0 Å². The summed E-state index contributed by atoms with van der Waals surface area (Å²) in [6.07, 6.45) is 3.06. The molecule has 0 aliphatic heterocycles. The Balaban J connectivity index is 1.68. The molecule has 0 aliphatic carbocycles. The third kappa shape index (κ3) is 5.14. The number of rotatable bonds is 7. The second-order valence-corrected chi connectivity index (χ2v) is 6.73. The van der Waals surface area contributed by atoms with Gasteiger partial charge in [-0.05, 0) is 31.0 Å². The lowest BCUT2D eigenvalue weighted by Crippen LogP contribution is -2.07. The van der Waals surface area contributed by atoms with Crippen LogP contribution >= 0.6 is 0 Å². The minimum absolute atomic E-state index is 0.0178. The molecule has 2 aromatic carbocycles. The first-order valence-electron chi connectivity index (χ1n) is 9.18. The van der Waals surface area contributed by atoms with Gasteiger partial charge in [0.2, 0.25) is 0 Å². The van der Waals surface area contributed by atoms with Crippen LogP contribution in [-0.2, 0) is 6.42 Å². The highest BCUT2D eigenvalue weighted by Gasteiger charge is 2.12. The Hall–Kier alpha value is -3.78. The number of aromatic nitrogens is 1. The van der Waals surface area contributed by atoms with Gasteiger partial charge in [-0.1, -0.05) is 48.5 Å². The average Bonchev–Trinajstić information content (AvgIpc) is 2.74. The van der Waals surface area contributed by atoms with Gasteiger partial charge in [-0.2, -0.15) is 0 Å². The highest BCUT2D eigenvalue weighted by Crippen LogP contribution is 2.23. The van der Waals surface area contributed by atoms with Crippen molar-refractivity contribution in [3.63, 3.8) is 0 Å². The highest BCUT2D eigenvalue weighted by atomic mass is 16.5. The lowest BCUT2D eigenvalue weighted by molar-refractivity contribution is 0.0989. The summed E-state index contributed by atoms with van der Waals surface area (Å²) in [6, 6.07) is 15.9. The largest absolute Gasteiger partial charge is 0.484 e. The van der Waals surface area contributed by atoms with Crippen LogP contribution < -0.4 is 4.74 Å². The molecule has 0 N–H and O–H groups in total. The van der Waals surface area contributed by atoms with E-state index in [1.165, 1.54) is 13.1 Å². The van der Waals surface area contributed by atoms with Gasteiger partial charge in [-0.15, -0.1) is 0 Å². The van der Waals surface area contributed by atoms with Crippen LogP contribution in [0.3, 0.4) is 0 Å². The van der Waals surface area contributed by atoms with Gasteiger partial charge in [0.1, 0.15) is 11.9 Å². The van der Waals surface area contributed by atoms with E-state index in [2.05, 4.69) is 9.83 Å². The molecule has 0 amide bonds. The van der Waals surface area contributed by atoms with E-state index in [4.69, 9.17) is 11.3 Å². The SMILES string of the molecule is [C-]#[N+]c1ccc(CC(=O)c2cncc(OC(C)c3ccc(C(C)=O)cc3)c2)cc1. The maximum atomic E-state index is 12.6. The van der Waals surface area contributed by atoms with Gasteiger partial charge in [-0.25, -0.2) is 4.85 Å². The number of ether oxygens (including phenoxy) is 1. The van der Waals surface area contributed by atoms with Crippen molar-refractivity contribution in [2.75, 3.05) is 0 Å². The van der Waals surface area contributed by atoms with E-state index in [-0.39, 0.29) is 24.1 Å². The van der Waals surface area contributed by atoms with Crippen molar-refractivity contribution < 1.29 is 14.3 Å². The Kier molecular flexibility index (Phi) is 6.16. The topological polar surface area (TPSA) is 60.6 Å². The molecule has 1 atom stereocenters. The summed E-state index contributed by atoms with van der Waals surface area (Å²) >= 11 is 0. The van der Waals surface area contributed by atoms with Crippen LogP contribution in [0.4, 0.5) is 5.69 Å². The third-order valence-corrected chi connectivity index (χ3v) is 4.56. The monoisotopic (exact) mass is 384 g/mol. The Morgan fingerprint density at radius 1 is 1.03 bits per heavy atom. The first-order valence-corrected chi connectivity index (χ1v) is 9.18. The molecule has 3 rings (SSSR count). The summed E-state index contributed by atoms with van der Waals surface area (Å²) in [6.45, 7) is 10.4. The molecule has 5 nitrogen and oxygen atoms in total. The zero-order valence-corrected chi connectivity index (χ0v) is 16.3. The lowest BCUT2D eigenvalue weighted by Gasteiger charge is -2.15. The molecule has 0 spiro atoms. The summed E-state index contributed by atoms with van der Waals surface area (Å²) in [5, 5.41) is 0. The summed E-state index contributed by atoms with van der Waals surface area (Å²) in [7, 11) is 0. The summed E-state index contributed by atoms with van der Waals surface area (Å²) in [4.78, 5) is 31.5. The van der Waals surface area contributed by atoms with Crippen LogP contribution in [0.25, 0.3) is 4.85 Å². The second-order valence-electron chi connectivity index (χ2n) is 6.73. The predicted molar refractivity (Wildman–Crippen MR) is 110 cm³/mol. The molecule has 0 bridgehead atoms. The highest BCUT2D eigenvalue weighted by molar-refractivity contribution is 5.97. The van der Waals surface area contributed by atoms with E-state index in [1.54, 1.807) is 48.7 Å². The molecule has 0 saturated carbocycles. The fourth-order valence-corrected chi connectivity index (χ4v) is 2.87. The number of ketones is 2. The number of nitrogens with zero attached hydrogens (tertiary/aromatic N) is 2. The van der Waals surface area contributed by atoms with Crippen molar-refractivity contribution in [3.8, 4) is 5.75 Å². The number of carbonyl (C=O) groups is 2. The molecule has 0 radical (unpaired) electrons. The maximum Gasteiger partial charge on any atom is 0.187 e. The van der Waals surface area contributed by atoms with Gasteiger partial charge in [0.25, 0.3) is 0 Å². The molecule has 0 aliphatic rings. The van der Waals surface area contributed by atoms with Gasteiger partial charge >= 0.3 is 0 Å². The summed E-state index contributed by atoms with van der Waals surface area (Å²) in [5.74, 6) is 0.448. The van der Waals surface area contributed by atoms with Gasteiger partial charge in [0.05, 0.1) is 12.8 Å². The minimum atomic E-state index is -0.260. The predicted octanol–water partition coefficient (Wildman–Crippen LogP) is 5.40. The standard InChI is InChI=1S/C24H20N2O3/c1-16(27)19-6-8-20(9-7-19)17(2)29-23-13-21(14-26-15-23)24(28)12-18-4-10-22(25-3)11-5-18/h4-11,13-15,17H,12H2,1-2H3. The molecule has 0 saturated heterocycles. The van der Waals surface area contributed by atoms with Crippen molar-refractivity contribution >= 4 is 17.3 Å². The lowest BCUT2D eigenvalue weighted by atomic mass is 10.0. The van der Waals surface area contributed by atoms with Crippen molar-refractivity contribution in [1.82, 2.24) is 4.98 Å². The molecular formula is C24H20N2O3. The fourth-order valence-electron chi connectivity index (χ4n) is 2.87. The first kappa shape index (κ1) is 20.0. The quantitative estimate of drug-likeness (QED) is 0.404. The van der Waals surface area contributed by atoms with E-state index in [0.29, 0.717) is 22.6 Å². The Morgan fingerprint density at radius 2 is 1.72 bits per heavy atom. The van der Waals surface area contributed by atoms with E-state index in [1.807, 2.05) is 19.1 Å². The van der Waals surface area contributed by atoms with Gasteiger partial charge < -0.3 is 4.74 Å². The molecule has 29 heavy (non-hydrogen) atoms. The number of carbonyl (C=O) groups excluding carboxylic acids is 2. The summed E-state index contributed by atoms with van der Waals surface area (Å²) < 4.78 is 5.94. The van der Waals surface area contributed by atoms with E-state index in [9.17, 15) is 9.59 Å². The zero-order valence-electron chi connectivity index (χ0n) is 16.3. The molecule has 1 aromatic heterocycles. The van der Waals surface area contributed by atoms with E-state index in [0.717, 1.165) is 11.1 Å². The fraction of sp³-hybridized carbons (Fsp3) is 0.167. The zero-order chi connectivity index (χ0) is 20.8. The number of Topliss-reactive ketones (excluding diaryl/α,β-unsaturated/α-hetero) is 2. The van der Waals surface area contributed by atoms with Crippen molar-refractivity contribution in [2.24, 2.45) is 0 Å². The minimum Gasteiger partial charge on any atom is -0.484 e. The number of pyridine rings is 1. The molecule has 144 valence electrons. The number of benzene rings is 2. The third-order valence-electron chi connectivity index (χ3n) is 4.56. The van der Waals surface area contributed by atoms with E-state index < -0.39 is 0 Å². The average molecular weight is 384 g/mol. The van der Waals surface area contributed by atoms with Crippen LogP contribution in [0, 0.1) is 6.57 Å². The summed E-state index contributed by atoms with van der Waals surface area (Å²) in [5.41, 5.74) is 3.43. The Labute approximate surface area is 169 Å². The van der Waals surface area contributed by atoms with Crippen molar-refractivity contribution in [1.29, 1.82) is 0 Å². The molecule has 1 heterocycles. The van der Waals surface area contributed by atoms with Crippen LogP contribution in [0.2, 0.25) is 0 Å². The Morgan fingerprint density at radius 3 is 2.34 bits per heavy atom. The maximum absolute atomic E-state index is 12.6. The number of hydrogen-bond donors (Lipinski definition) is 0. The molecule has 1 unspecified atom stereocenters. The normalized spacial score (nSPS) is 11.3. The van der Waals surface area contributed by atoms with Gasteiger partial charge in [0.15, 0.2) is 17.3 Å². The molecule has 3 aromatic rings. The molecule has 5 heteroatoms. The van der Waals surface area contributed by atoms with Crippen molar-refractivity contribution in [2.45, 2.75) is 26.4 Å². The van der Waals surface area contributed by atoms with Crippen LogP contribution in [-0.4, -0.2) is 16.6 Å². The first-order chi connectivity index (χ1) is 14.0. The van der Waals surface area contributed by atoms with Crippen molar-refractivity contribution in [3.05, 3.63) is 101 Å².